The third kappa shape index (κ3) is 1.42. The number of hydrogen-bond donors (Lipinski definition) is 0. The van der Waals surface area contributed by atoms with Gasteiger partial charge >= 0.3 is 0 Å². The van der Waals surface area contributed by atoms with E-state index >= 15 is 0 Å². The van der Waals surface area contributed by atoms with Crippen LogP contribution in [0.4, 0.5) is 0 Å². The molecule has 0 radical (unpaired) electrons. The molecule has 15 heavy (non-hydrogen) atoms. The third-order valence-electron chi connectivity index (χ3n) is 3.05. The molecule has 1 aliphatic carbocycles. The van der Waals surface area contributed by atoms with Gasteiger partial charge in [-0.05, 0) is 25.8 Å². The number of aromatic nitrogens is 3. The molecule has 0 bridgehead atoms. The Bertz CT molecular complexity index is 514. The Labute approximate surface area is 93.1 Å². The molecular formula is C11H12ClN3. The minimum absolute atomic E-state index is 0.628. The number of fused-ring (bicyclic) bond motifs is 1. The lowest BCUT2D eigenvalue weighted by Gasteiger charge is -2.22. The van der Waals surface area contributed by atoms with Gasteiger partial charge in [-0.2, -0.15) is 5.10 Å². The van der Waals surface area contributed by atoms with Gasteiger partial charge in [0.15, 0.2) is 5.65 Å². The van der Waals surface area contributed by atoms with Crippen LogP contribution in [-0.4, -0.2) is 14.6 Å². The van der Waals surface area contributed by atoms with Crippen molar-refractivity contribution in [1.82, 2.24) is 14.6 Å². The molecule has 3 nitrogen and oxygen atoms in total. The van der Waals surface area contributed by atoms with Crippen molar-refractivity contribution >= 4 is 17.2 Å². The van der Waals surface area contributed by atoms with Crippen LogP contribution in [0.1, 0.15) is 36.6 Å². The van der Waals surface area contributed by atoms with Crippen LogP contribution in [-0.2, 0) is 0 Å². The zero-order valence-electron chi connectivity index (χ0n) is 8.57. The molecule has 1 fully saturated rings. The highest BCUT2D eigenvalue weighted by Gasteiger charge is 2.22. The fourth-order valence-electron chi connectivity index (χ4n) is 1.98. The van der Waals surface area contributed by atoms with Crippen molar-refractivity contribution in [2.75, 3.05) is 0 Å². The third-order valence-corrected chi connectivity index (χ3v) is 3.32. The Morgan fingerprint density at radius 1 is 1.40 bits per heavy atom. The fraction of sp³-hybridized carbons (Fsp3) is 0.455. The number of hydrogen-bond acceptors (Lipinski definition) is 2. The summed E-state index contributed by atoms with van der Waals surface area (Å²) in [6.07, 6.45) is 3.82. The standard InChI is InChI=1S/C11H12ClN3/c1-7-5-10(12)15-11(13-7)6-9(14-15)8-3-2-4-8/h5-6,8H,2-4H2,1H3. The summed E-state index contributed by atoms with van der Waals surface area (Å²) in [6.45, 7) is 1.95. The quantitative estimate of drug-likeness (QED) is 0.693. The molecule has 0 saturated heterocycles. The second-order valence-electron chi connectivity index (χ2n) is 4.19. The summed E-state index contributed by atoms with van der Waals surface area (Å²) < 4.78 is 1.72. The lowest BCUT2D eigenvalue weighted by atomic mass is 9.83. The molecule has 78 valence electrons. The van der Waals surface area contributed by atoms with Crippen LogP contribution in [0.15, 0.2) is 12.1 Å². The van der Waals surface area contributed by atoms with E-state index in [4.69, 9.17) is 11.6 Å². The first-order valence-corrected chi connectivity index (χ1v) is 5.64. The molecule has 0 aromatic carbocycles. The zero-order chi connectivity index (χ0) is 10.4. The first-order valence-electron chi connectivity index (χ1n) is 5.27. The minimum Gasteiger partial charge on any atom is -0.234 e. The fourth-order valence-corrected chi connectivity index (χ4v) is 2.26. The van der Waals surface area contributed by atoms with Crippen molar-refractivity contribution in [1.29, 1.82) is 0 Å². The molecule has 2 aromatic rings. The SMILES string of the molecule is Cc1cc(Cl)n2nc(C3CCC3)cc2n1. The van der Waals surface area contributed by atoms with Gasteiger partial charge in [-0.25, -0.2) is 9.50 Å². The lowest BCUT2D eigenvalue weighted by Crippen LogP contribution is -2.09. The predicted molar refractivity (Wildman–Crippen MR) is 59.3 cm³/mol. The Morgan fingerprint density at radius 2 is 2.20 bits per heavy atom. The summed E-state index contributed by atoms with van der Waals surface area (Å²) in [4.78, 5) is 4.41. The highest BCUT2D eigenvalue weighted by molar-refractivity contribution is 6.29. The van der Waals surface area contributed by atoms with Crippen LogP contribution in [0.3, 0.4) is 0 Å². The van der Waals surface area contributed by atoms with E-state index in [1.807, 2.05) is 13.0 Å². The average Bonchev–Trinajstić information content (AvgIpc) is 2.44. The number of nitrogens with zero attached hydrogens (tertiary/aromatic N) is 3. The summed E-state index contributed by atoms with van der Waals surface area (Å²) >= 11 is 6.10. The van der Waals surface area contributed by atoms with Gasteiger partial charge in [-0.3, -0.25) is 0 Å². The van der Waals surface area contributed by atoms with E-state index in [0.717, 1.165) is 17.0 Å². The molecule has 2 heterocycles. The zero-order valence-corrected chi connectivity index (χ0v) is 9.33. The van der Waals surface area contributed by atoms with E-state index in [9.17, 15) is 0 Å². The molecular weight excluding hydrogens is 210 g/mol. The number of halogens is 1. The van der Waals surface area contributed by atoms with E-state index in [2.05, 4.69) is 16.1 Å². The molecule has 0 unspecified atom stereocenters. The molecule has 0 amide bonds. The minimum atomic E-state index is 0.628. The van der Waals surface area contributed by atoms with E-state index < -0.39 is 0 Å². The van der Waals surface area contributed by atoms with Gasteiger partial charge in [0.2, 0.25) is 0 Å². The highest BCUT2D eigenvalue weighted by atomic mass is 35.5. The number of rotatable bonds is 1. The van der Waals surface area contributed by atoms with E-state index in [1.54, 1.807) is 4.52 Å². The van der Waals surface area contributed by atoms with E-state index in [1.165, 1.54) is 19.3 Å². The smallest absolute Gasteiger partial charge is 0.157 e. The first-order chi connectivity index (χ1) is 7.24. The van der Waals surface area contributed by atoms with Crippen LogP contribution in [0.5, 0.6) is 0 Å². The van der Waals surface area contributed by atoms with Crippen LogP contribution >= 0.6 is 11.6 Å². The van der Waals surface area contributed by atoms with Gasteiger partial charge < -0.3 is 0 Å². The van der Waals surface area contributed by atoms with Crippen molar-refractivity contribution in [2.45, 2.75) is 32.1 Å². The lowest BCUT2D eigenvalue weighted by molar-refractivity contribution is 0.409. The van der Waals surface area contributed by atoms with Crippen LogP contribution in [0.25, 0.3) is 5.65 Å². The van der Waals surface area contributed by atoms with Gasteiger partial charge in [0.1, 0.15) is 5.15 Å². The largest absolute Gasteiger partial charge is 0.234 e. The van der Waals surface area contributed by atoms with Gasteiger partial charge in [-0.1, -0.05) is 18.0 Å². The molecule has 2 aromatic heterocycles. The Balaban J connectivity index is 2.16. The monoisotopic (exact) mass is 221 g/mol. The topological polar surface area (TPSA) is 30.2 Å². The predicted octanol–water partition coefficient (Wildman–Crippen LogP) is 2.96. The highest BCUT2D eigenvalue weighted by Crippen LogP contribution is 2.35. The first kappa shape index (κ1) is 9.16. The van der Waals surface area contributed by atoms with Crippen molar-refractivity contribution in [3.8, 4) is 0 Å². The molecule has 0 spiro atoms. The van der Waals surface area contributed by atoms with E-state index in [0.29, 0.717) is 11.1 Å². The molecule has 3 rings (SSSR count). The average molecular weight is 222 g/mol. The number of aryl methyl sites for hydroxylation is 1. The Morgan fingerprint density at radius 3 is 2.87 bits per heavy atom. The second kappa shape index (κ2) is 3.20. The second-order valence-corrected chi connectivity index (χ2v) is 4.57. The van der Waals surface area contributed by atoms with Crippen molar-refractivity contribution in [3.05, 3.63) is 28.7 Å². The van der Waals surface area contributed by atoms with Crippen molar-refractivity contribution < 1.29 is 0 Å². The summed E-state index contributed by atoms with van der Waals surface area (Å²) in [6, 6.07) is 3.90. The van der Waals surface area contributed by atoms with Gasteiger partial charge in [0.25, 0.3) is 0 Å². The summed E-state index contributed by atoms with van der Waals surface area (Å²) in [5.41, 5.74) is 2.94. The van der Waals surface area contributed by atoms with Crippen molar-refractivity contribution in [2.24, 2.45) is 0 Å². The molecule has 1 saturated carbocycles. The molecule has 4 heteroatoms. The Kier molecular flexibility index (Phi) is 1.96. The van der Waals surface area contributed by atoms with Crippen LogP contribution in [0.2, 0.25) is 5.15 Å². The van der Waals surface area contributed by atoms with Gasteiger partial charge in [0.05, 0.1) is 5.69 Å². The normalized spacial score (nSPS) is 16.9. The summed E-state index contributed by atoms with van der Waals surface area (Å²) in [5, 5.41) is 5.14. The molecule has 1 aliphatic rings. The maximum absolute atomic E-state index is 6.10. The summed E-state index contributed by atoms with van der Waals surface area (Å²) in [5.74, 6) is 0.628. The van der Waals surface area contributed by atoms with Crippen LogP contribution in [0, 0.1) is 6.92 Å². The maximum Gasteiger partial charge on any atom is 0.157 e. The van der Waals surface area contributed by atoms with E-state index in [-0.39, 0.29) is 0 Å². The summed E-state index contributed by atoms with van der Waals surface area (Å²) in [7, 11) is 0. The molecule has 0 aliphatic heterocycles. The van der Waals surface area contributed by atoms with Crippen molar-refractivity contribution in [3.63, 3.8) is 0 Å². The molecule has 0 atom stereocenters. The van der Waals surface area contributed by atoms with Gasteiger partial charge in [0, 0.05) is 17.7 Å². The molecule has 0 N–H and O–H groups in total. The van der Waals surface area contributed by atoms with Gasteiger partial charge in [-0.15, -0.1) is 0 Å². The maximum atomic E-state index is 6.10. The van der Waals surface area contributed by atoms with Crippen LogP contribution < -0.4 is 0 Å². The Hall–Kier alpha value is -1.09.